The largest absolute Gasteiger partial charge is 0.395 e. The van der Waals surface area contributed by atoms with Crippen LogP contribution in [0.1, 0.15) is 39.5 Å². The maximum absolute atomic E-state index is 10.9. The van der Waals surface area contributed by atoms with Crippen LogP contribution in [0.2, 0.25) is 0 Å². The number of hydrogen-bond donors (Lipinski definition) is 1. The Labute approximate surface area is 92.5 Å². The fourth-order valence-corrected chi connectivity index (χ4v) is 2.21. The number of aliphatic hydroxyl groups is 1. The Morgan fingerprint density at radius 2 is 2.13 bits per heavy atom. The van der Waals surface area contributed by atoms with E-state index in [1.165, 1.54) is 19.3 Å². The van der Waals surface area contributed by atoms with E-state index in [2.05, 4.69) is 4.90 Å². The van der Waals surface area contributed by atoms with E-state index in [1.807, 2.05) is 13.8 Å². The Hall–Kier alpha value is -0.410. The molecule has 0 saturated carbocycles. The van der Waals surface area contributed by atoms with Crippen molar-refractivity contribution in [3.8, 4) is 0 Å². The number of hydrogen-bond acceptors (Lipinski definition) is 3. The van der Waals surface area contributed by atoms with Crippen LogP contribution in [0, 0.1) is 5.41 Å². The molecule has 3 nitrogen and oxygen atoms in total. The summed E-state index contributed by atoms with van der Waals surface area (Å²) in [6.07, 6.45) is 5.71. The first-order chi connectivity index (χ1) is 7.09. The molecule has 1 fully saturated rings. The number of aldehydes is 1. The average molecular weight is 213 g/mol. The van der Waals surface area contributed by atoms with E-state index in [1.54, 1.807) is 0 Å². The van der Waals surface area contributed by atoms with Crippen molar-refractivity contribution in [1.82, 2.24) is 4.90 Å². The van der Waals surface area contributed by atoms with Crippen LogP contribution in [0.5, 0.6) is 0 Å². The van der Waals surface area contributed by atoms with E-state index < -0.39 is 0 Å². The number of carbonyl (C=O) groups excluding carboxylic acids is 1. The molecule has 3 heteroatoms. The van der Waals surface area contributed by atoms with Gasteiger partial charge in [-0.05, 0) is 19.4 Å². The molecule has 0 amide bonds. The molecule has 88 valence electrons. The molecule has 0 aliphatic carbocycles. The third-order valence-electron chi connectivity index (χ3n) is 3.14. The van der Waals surface area contributed by atoms with Crippen molar-refractivity contribution in [2.75, 3.05) is 19.7 Å². The van der Waals surface area contributed by atoms with Crippen molar-refractivity contribution in [2.45, 2.75) is 45.6 Å². The lowest BCUT2D eigenvalue weighted by atomic mass is 9.94. The van der Waals surface area contributed by atoms with Crippen LogP contribution in [0.25, 0.3) is 0 Å². The first-order valence-corrected chi connectivity index (χ1v) is 5.90. The fourth-order valence-electron chi connectivity index (χ4n) is 2.21. The number of nitrogens with zero attached hydrogens (tertiary/aromatic N) is 1. The molecular weight excluding hydrogens is 190 g/mol. The Kier molecular flexibility index (Phi) is 4.74. The molecule has 0 radical (unpaired) electrons. The minimum absolute atomic E-state index is 0.217. The van der Waals surface area contributed by atoms with Crippen LogP contribution in [0.15, 0.2) is 0 Å². The topological polar surface area (TPSA) is 40.5 Å². The number of rotatable bonds is 4. The van der Waals surface area contributed by atoms with Gasteiger partial charge in [-0.3, -0.25) is 4.90 Å². The molecule has 0 spiro atoms. The van der Waals surface area contributed by atoms with Crippen LogP contribution in [-0.2, 0) is 4.79 Å². The smallest absolute Gasteiger partial charge is 0.126 e. The van der Waals surface area contributed by atoms with Crippen LogP contribution >= 0.6 is 0 Å². The van der Waals surface area contributed by atoms with Gasteiger partial charge in [0, 0.05) is 18.0 Å². The molecule has 1 aliphatic heterocycles. The van der Waals surface area contributed by atoms with Crippen LogP contribution in [0.3, 0.4) is 0 Å². The summed E-state index contributed by atoms with van der Waals surface area (Å²) in [4.78, 5) is 13.2. The normalized spacial score (nSPS) is 24.9. The van der Waals surface area contributed by atoms with E-state index in [0.717, 1.165) is 25.8 Å². The monoisotopic (exact) mass is 213 g/mol. The Morgan fingerprint density at radius 1 is 1.40 bits per heavy atom. The fraction of sp³-hybridized carbons (Fsp3) is 0.917. The average Bonchev–Trinajstić information content (AvgIpc) is 2.42. The summed E-state index contributed by atoms with van der Waals surface area (Å²) in [5, 5.41) is 9.33. The number of carbonyl (C=O) groups is 1. The van der Waals surface area contributed by atoms with Gasteiger partial charge in [-0.2, -0.15) is 0 Å². The van der Waals surface area contributed by atoms with Gasteiger partial charge < -0.3 is 9.90 Å². The SMILES string of the molecule is CC(C)(C=O)CN1CCCCCC1CO. The zero-order valence-electron chi connectivity index (χ0n) is 9.91. The highest BCUT2D eigenvalue weighted by molar-refractivity contribution is 5.58. The first-order valence-electron chi connectivity index (χ1n) is 5.90. The van der Waals surface area contributed by atoms with Crippen LogP contribution in [0.4, 0.5) is 0 Å². The van der Waals surface area contributed by atoms with E-state index in [4.69, 9.17) is 0 Å². The predicted molar refractivity (Wildman–Crippen MR) is 60.8 cm³/mol. The minimum Gasteiger partial charge on any atom is -0.395 e. The van der Waals surface area contributed by atoms with Gasteiger partial charge >= 0.3 is 0 Å². The lowest BCUT2D eigenvalue weighted by Gasteiger charge is -2.33. The minimum atomic E-state index is -0.294. The van der Waals surface area contributed by atoms with E-state index in [0.29, 0.717) is 0 Å². The van der Waals surface area contributed by atoms with Crippen molar-refractivity contribution < 1.29 is 9.90 Å². The van der Waals surface area contributed by atoms with Crippen molar-refractivity contribution >= 4 is 6.29 Å². The summed E-state index contributed by atoms with van der Waals surface area (Å²) >= 11 is 0. The van der Waals surface area contributed by atoms with Gasteiger partial charge in [0.1, 0.15) is 6.29 Å². The molecule has 1 N–H and O–H groups in total. The standard InChI is InChI=1S/C12H23NO2/c1-12(2,10-15)9-13-7-5-3-4-6-11(13)8-14/h10-11,14H,3-9H2,1-2H3. The maximum Gasteiger partial charge on any atom is 0.126 e. The molecule has 1 unspecified atom stereocenters. The Balaban J connectivity index is 2.58. The molecule has 15 heavy (non-hydrogen) atoms. The zero-order valence-corrected chi connectivity index (χ0v) is 9.91. The van der Waals surface area contributed by atoms with E-state index >= 15 is 0 Å². The molecule has 0 aromatic heterocycles. The number of aliphatic hydroxyl groups excluding tert-OH is 1. The molecule has 1 rings (SSSR count). The lowest BCUT2D eigenvalue weighted by Crippen LogP contribution is -2.43. The van der Waals surface area contributed by atoms with Crippen molar-refractivity contribution in [3.05, 3.63) is 0 Å². The maximum atomic E-state index is 10.9. The molecule has 1 heterocycles. The van der Waals surface area contributed by atoms with Crippen molar-refractivity contribution in [1.29, 1.82) is 0 Å². The molecule has 1 saturated heterocycles. The molecule has 0 aromatic rings. The lowest BCUT2D eigenvalue weighted by molar-refractivity contribution is -0.116. The van der Waals surface area contributed by atoms with Crippen molar-refractivity contribution in [3.63, 3.8) is 0 Å². The van der Waals surface area contributed by atoms with Gasteiger partial charge in [0.15, 0.2) is 0 Å². The number of likely N-dealkylation sites (tertiary alicyclic amines) is 1. The highest BCUT2D eigenvalue weighted by Gasteiger charge is 2.26. The quantitative estimate of drug-likeness (QED) is 0.719. The van der Waals surface area contributed by atoms with Gasteiger partial charge in [0.25, 0.3) is 0 Å². The Bertz CT molecular complexity index is 204. The van der Waals surface area contributed by atoms with Gasteiger partial charge in [0.2, 0.25) is 0 Å². The van der Waals surface area contributed by atoms with Gasteiger partial charge in [0.05, 0.1) is 6.61 Å². The van der Waals surface area contributed by atoms with E-state index in [9.17, 15) is 9.90 Å². The second-order valence-electron chi connectivity index (χ2n) is 5.26. The molecule has 1 atom stereocenters. The third kappa shape index (κ3) is 3.92. The summed E-state index contributed by atoms with van der Waals surface area (Å²) in [5.74, 6) is 0. The second kappa shape index (κ2) is 5.61. The first kappa shape index (κ1) is 12.7. The Morgan fingerprint density at radius 3 is 2.73 bits per heavy atom. The van der Waals surface area contributed by atoms with Gasteiger partial charge in [-0.25, -0.2) is 0 Å². The molecular formula is C12H23NO2. The molecule has 0 aromatic carbocycles. The molecule has 1 aliphatic rings. The van der Waals surface area contributed by atoms with Crippen LogP contribution in [-0.4, -0.2) is 42.0 Å². The second-order valence-corrected chi connectivity index (χ2v) is 5.26. The van der Waals surface area contributed by atoms with Crippen molar-refractivity contribution in [2.24, 2.45) is 5.41 Å². The summed E-state index contributed by atoms with van der Waals surface area (Å²) in [6, 6.07) is 0.256. The predicted octanol–water partition coefficient (Wildman–Crippen LogP) is 1.45. The highest BCUT2D eigenvalue weighted by Crippen LogP contribution is 2.21. The van der Waals surface area contributed by atoms with Gasteiger partial charge in [-0.1, -0.05) is 26.7 Å². The molecule has 0 bridgehead atoms. The van der Waals surface area contributed by atoms with E-state index in [-0.39, 0.29) is 18.1 Å². The summed E-state index contributed by atoms with van der Waals surface area (Å²) in [5.41, 5.74) is -0.294. The summed E-state index contributed by atoms with van der Waals surface area (Å²) in [7, 11) is 0. The third-order valence-corrected chi connectivity index (χ3v) is 3.14. The summed E-state index contributed by atoms with van der Waals surface area (Å²) < 4.78 is 0. The van der Waals surface area contributed by atoms with Gasteiger partial charge in [-0.15, -0.1) is 0 Å². The highest BCUT2D eigenvalue weighted by atomic mass is 16.3. The van der Waals surface area contributed by atoms with Crippen LogP contribution < -0.4 is 0 Å². The zero-order chi connectivity index (χ0) is 11.3. The summed E-state index contributed by atoms with van der Waals surface area (Å²) in [6.45, 7) is 5.91.